The van der Waals surface area contributed by atoms with Crippen LogP contribution in [-0.4, -0.2) is 75.0 Å². The lowest BCUT2D eigenvalue weighted by Gasteiger charge is -2.36. The van der Waals surface area contributed by atoms with E-state index in [2.05, 4.69) is 15.1 Å². The van der Waals surface area contributed by atoms with Crippen molar-refractivity contribution in [2.24, 2.45) is 0 Å². The van der Waals surface area contributed by atoms with Gasteiger partial charge >= 0.3 is 0 Å². The number of ether oxygens (including phenoxy) is 1. The summed E-state index contributed by atoms with van der Waals surface area (Å²) in [5.41, 5.74) is 2.17. The minimum absolute atomic E-state index is 0.0646. The predicted molar refractivity (Wildman–Crippen MR) is 124 cm³/mol. The number of amides is 2. The molecular formula is C23H29ClN4O3. The maximum absolute atomic E-state index is 12.5. The number of halogens is 1. The lowest BCUT2D eigenvalue weighted by Crippen LogP contribution is -2.48. The number of anilines is 2. The highest BCUT2D eigenvalue weighted by atomic mass is 35.5. The molecule has 1 fully saturated rings. The molecule has 7 nitrogen and oxygen atoms in total. The molecule has 0 atom stereocenters. The molecule has 2 amide bonds. The van der Waals surface area contributed by atoms with Crippen LogP contribution >= 0.6 is 11.6 Å². The molecule has 0 aromatic heterocycles. The van der Waals surface area contributed by atoms with Crippen LogP contribution in [0.25, 0.3) is 0 Å². The third kappa shape index (κ3) is 5.89. The second-order valence-electron chi connectivity index (χ2n) is 7.61. The summed E-state index contributed by atoms with van der Waals surface area (Å²) in [6.07, 6.45) is 0. The fraction of sp³-hybridized carbons (Fsp3) is 0.391. The van der Waals surface area contributed by atoms with Crippen LogP contribution in [0.15, 0.2) is 42.5 Å². The van der Waals surface area contributed by atoms with Gasteiger partial charge < -0.3 is 19.9 Å². The number of benzene rings is 2. The molecule has 0 unspecified atom stereocenters. The van der Waals surface area contributed by atoms with E-state index in [1.54, 1.807) is 26.2 Å². The number of hydrogen-bond acceptors (Lipinski definition) is 5. The second kappa shape index (κ2) is 10.5. The number of carbonyl (C=O) groups excluding carboxylic acids is 2. The summed E-state index contributed by atoms with van der Waals surface area (Å²) in [5, 5.41) is 3.51. The Morgan fingerprint density at radius 3 is 2.45 bits per heavy atom. The van der Waals surface area contributed by atoms with Gasteiger partial charge in [0.2, 0.25) is 5.91 Å². The van der Waals surface area contributed by atoms with Crippen molar-refractivity contribution in [1.82, 2.24) is 9.80 Å². The van der Waals surface area contributed by atoms with Crippen molar-refractivity contribution in [2.75, 3.05) is 63.6 Å². The molecule has 166 valence electrons. The Bertz CT molecular complexity index is 927. The lowest BCUT2D eigenvalue weighted by molar-refractivity contribution is -0.117. The molecule has 1 aliphatic heterocycles. The molecule has 2 aromatic carbocycles. The number of para-hydroxylation sites is 2. The average Bonchev–Trinajstić information content (AvgIpc) is 2.75. The van der Waals surface area contributed by atoms with Crippen LogP contribution in [0, 0.1) is 0 Å². The number of rotatable bonds is 7. The van der Waals surface area contributed by atoms with Crippen molar-refractivity contribution in [1.29, 1.82) is 0 Å². The maximum Gasteiger partial charge on any atom is 0.253 e. The SMILES string of the molecule is CCOc1ccccc1NC(=O)CN1CCN(c2ccc(C(=O)N(C)C)cc2Cl)CC1. The Balaban J connectivity index is 1.54. The van der Waals surface area contributed by atoms with Gasteiger partial charge in [-0.3, -0.25) is 14.5 Å². The standard InChI is InChI=1S/C23H29ClN4O3/c1-4-31-21-8-6-5-7-19(21)25-22(29)16-27-11-13-28(14-12-27)20-10-9-17(15-18(20)24)23(30)26(2)3/h5-10,15H,4,11-14,16H2,1-3H3,(H,25,29). The Morgan fingerprint density at radius 2 is 1.81 bits per heavy atom. The fourth-order valence-corrected chi connectivity index (χ4v) is 3.85. The zero-order valence-corrected chi connectivity index (χ0v) is 19.0. The van der Waals surface area contributed by atoms with E-state index < -0.39 is 0 Å². The van der Waals surface area contributed by atoms with Crippen molar-refractivity contribution >= 4 is 34.8 Å². The molecule has 1 saturated heterocycles. The summed E-state index contributed by atoms with van der Waals surface area (Å²) < 4.78 is 5.57. The Morgan fingerprint density at radius 1 is 1.10 bits per heavy atom. The van der Waals surface area contributed by atoms with Crippen LogP contribution in [0.5, 0.6) is 5.75 Å². The number of nitrogens with zero attached hydrogens (tertiary/aromatic N) is 3. The highest BCUT2D eigenvalue weighted by molar-refractivity contribution is 6.33. The van der Waals surface area contributed by atoms with Gasteiger partial charge in [-0.1, -0.05) is 23.7 Å². The van der Waals surface area contributed by atoms with E-state index >= 15 is 0 Å². The number of carbonyl (C=O) groups is 2. The first kappa shape index (κ1) is 22.9. The minimum atomic E-state index is -0.0739. The van der Waals surface area contributed by atoms with E-state index in [4.69, 9.17) is 16.3 Å². The smallest absolute Gasteiger partial charge is 0.253 e. The molecular weight excluding hydrogens is 416 g/mol. The summed E-state index contributed by atoms with van der Waals surface area (Å²) in [4.78, 5) is 30.5. The minimum Gasteiger partial charge on any atom is -0.492 e. The molecule has 0 spiro atoms. The molecule has 0 saturated carbocycles. The summed E-state index contributed by atoms with van der Waals surface area (Å²) in [6, 6.07) is 12.9. The van der Waals surface area contributed by atoms with Crippen LogP contribution in [0.2, 0.25) is 5.02 Å². The van der Waals surface area contributed by atoms with Crippen LogP contribution in [0.3, 0.4) is 0 Å². The zero-order chi connectivity index (χ0) is 22.4. The quantitative estimate of drug-likeness (QED) is 0.710. The van der Waals surface area contributed by atoms with Crippen molar-refractivity contribution in [3.05, 3.63) is 53.1 Å². The lowest BCUT2D eigenvalue weighted by atomic mass is 10.1. The van der Waals surface area contributed by atoms with E-state index in [1.807, 2.05) is 37.3 Å². The van der Waals surface area contributed by atoms with Crippen LogP contribution in [-0.2, 0) is 4.79 Å². The Labute approximate surface area is 188 Å². The molecule has 1 heterocycles. The largest absolute Gasteiger partial charge is 0.492 e. The van der Waals surface area contributed by atoms with E-state index in [9.17, 15) is 9.59 Å². The molecule has 1 aliphatic rings. The van der Waals surface area contributed by atoms with Crippen molar-refractivity contribution in [3.63, 3.8) is 0 Å². The van der Waals surface area contributed by atoms with E-state index in [1.165, 1.54) is 4.90 Å². The summed E-state index contributed by atoms with van der Waals surface area (Å²) in [7, 11) is 3.43. The molecule has 1 N–H and O–H groups in total. The number of hydrogen-bond donors (Lipinski definition) is 1. The third-order valence-electron chi connectivity index (χ3n) is 5.14. The first-order valence-corrected chi connectivity index (χ1v) is 10.8. The highest BCUT2D eigenvalue weighted by Gasteiger charge is 2.22. The molecule has 2 aromatic rings. The zero-order valence-electron chi connectivity index (χ0n) is 18.2. The maximum atomic E-state index is 12.5. The number of nitrogens with one attached hydrogen (secondary N) is 1. The van der Waals surface area contributed by atoms with Crippen LogP contribution < -0.4 is 15.0 Å². The summed E-state index contributed by atoms with van der Waals surface area (Å²) in [5.74, 6) is 0.536. The number of piperazine rings is 1. The van der Waals surface area contributed by atoms with E-state index in [-0.39, 0.29) is 11.8 Å². The van der Waals surface area contributed by atoms with Gasteiger partial charge in [-0.2, -0.15) is 0 Å². The molecule has 8 heteroatoms. The molecule has 0 radical (unpaired) electrons. The molecule has 31 heavy (non-hydrogen) atoms. The normalized spacial score (nSPS) is 14.3. The van der Waals surface area contributed by atoms with Gasteiger partial charge in [-0.15, -0.1) is 0 Å². The Kier molecular flexibility index (Phi) is 7.76. The summed E-state index contributed by atoms with van der Waals surface area (Å²) in [6.45, 7) is 5.77. The highest BCUT2D eigenvalue weighted by Crippen LogP contribution is 2.28. The van der Waals surface area contributed by atoms with Crippen molar-refractivity contribution in [3.8, 4) is 5.75 Å². The van der Waals surface area contributed by atoms with Gasteiger partial charge in [0.15, 0.2) is 0 Å². The van der Waals surface area contributed by atoms with E-state index in [0.717, 1.165) is 31.9 Å². The monoisotopic (exact) mass is 444 g/mol. The van der Waals surface area contributed by atoms with Gasteiger partial charge in [0, 0.05) is 45.8 Å². The first-order valence-electron chi connectivity index (χ1n) is 10.4. The topological polar surface area (TPSA) is 65.1 Å². The first-order chi connectivity index (χ1) is 14.9. The van der Waals surface area contributed by atoms with Crippen LogP contribution in [0.1, 0.15) is 17.3 Å². The molecule has 0 aliphatic carbocycles. The van der Waals surface area contributed by atoms with Crippen LogP contribution in [0.4, 0.5) is 11.4 Å². The summed E-state index contributed by atoms with van der Waals surface area (Å²) >= 11 is 6.46. The van der Waals surface area contributed by atoms with Crippen molar-refractivity contribution in [2.45, 2.75) is 6.92 Å². The van der Waals surface area contributed by atoms with Gasteiger partial charge in [-0.05, 0) is 37.3 Å². The Hall–Kier alpha value is -2.77. The average molecular weight is 445 g/mol. The third-order valence-corrected chi connectivity index (χ3v) is 5.44. The van der Waals surface area contributed by atoms with Gasteiger partial charge in [0.25, 0.3) is 5.91 Å². The van der Waals surface area contributed by atoms with Gasteiger partial charge in [-0.25, -0.2) is 0 Å². The van der Waals surface area contributed by atoms with Gasteiger partial charge in [0.05, 0.1) is 29.5 Å². The van der Waals surface area contributed by atoms with E-state index in [0.29, 0.717) is 35.2 Å². The molecule has 3 rings (SSSR count). The fourth-order valence-electron chi connectivity index (χ4n) is 3.55. The van der Waals surface area contributed by atoms with Crippen molar-refractivity contribution < 1.29 is 14.3 Å². The second-order valence-corrected chi connectivity index (χ2v) is 8.01. The predicted octanol–water partition coefficient (Wildman–Crippen LogP) is 3.20. The van der Waals surface area contributed by atoms with Gasteiger partial charge in [0.1, 0.15) is 5.75 Å². The molecule has 0 bridgehead atoms.